The molecular weight excluding hydrogens is 211 g/mol. The highest BCUT2D eigenvalue weighted by Gasteiger charge is 2.21. The van der Waals surface area contributed by atoms with Crippen LogP contribution in [0.1, 0.15) is 0 Å². The standard InChI is InChI=1S/C9H8F3NS/c10-6-1-2-7(9(12)8(6)11)13-5-3-14-4-5/h1-2,5,13H,3-4H2. The summed E-state index contributed by atoms with van der Waals surface area (Å²) in [6.45, 7) is 0. The van der Waals surface area contributed by atoms with Crippen molar-refractivity contribution in [1.29, 1.82) is 0 Å². The predicted octanol–water partition coefficient (Wildman–Crippen LogP) is 2.63. The normalized spacial score (nSPS) is 16.5. The van der Waals surface area contributed by atoms with Crippen LogP contribution in [-0.4, -0.2) is 17.5 Å². The van der Waals surface area contributed by atoms with Crippen molar-refractivity contribution in [3.8, 4) is 0 Å². The molecule has 0 aromatic heterocycles. The lowest BCUT2D eigenvalue weighted by molar-refractivity contribution is 0.448. The lowest BCUT2D eigenvalue weighted by atomic mass is 10.2. The van der Waals surface area contributed by atoms with E-state index in [2.05, 4.69) is 5.32 Å². The van der Waals surface area contributed by atoms with E-state index in [4.69, 9.17) is 0 Å². The molecule has 5 heteroatoms. The van der Waals surface area contributed by atoms with Gasteiger partial charge in [0.1, 0.15) is 0 Å². The monoisotopic (exact) mass is 219 g/mol. The molecule has 1 aliphatic heterocycles. The highest BCUT2D eigenvalue weighted by Crippen LogP contribution is 2.25. The summed E-state index contributed by atoms with van der Waals surface area (Å²) in [5.41, 5.74) is 0.0363. The molecule has 1 aromatic rings. The van der Waals surface area contributed by atoms with Gasteiger partial charge in [0.05, 0.1) is 5.69 Å². The van der Waals surface area contributed by atoms with E-state index in [1.807, 2.05) is 0 Å². The van der Waals surface area contributed by atoms with Crippen LogP contribution < -0.4 is 5.32 Å². The van der Waals surface area contributed by atoms with Crippen LogP contribution in [0.4, 0.5) is 18.9 Å². The molecule has 0 amide bonds. The molecular formula is C9H8F3NS. The second-order valence-electron chi connectivity index (χ2n) is 3.10. The smallest absolute Gasteiger partial charge is 0.196 e. The van der Waals surface area contributed by atoms with E-state index in [9.17, 15) is 13.2 Å². The second kappa shape index (κ2) is 3.73. The molecule has 76 valence electrons. The van der Waals surface area contributed by atoms with Gasteiger partial charge in [-0.2, -0.15) is 11.8 Å². The molecule has 0 aliphatic carbocycles. The topological polar surface area (TPSA) is 12.0 Å². The maximum atomic E-state index is 13.1. The van der Waals surface area contributed by atoms with Gasteiger partial charge in [-0.15, -0.1) is 0 Å². The number of thioether (sulfide) groups is 1. The molecule has 0 spiro atoms. The van der Waals surface area contributed by atoms with E-state index < -0.39 is 17.5 Å². The Labute approximate surface area is 83.7 Å². The third kappa shape index (κ3) is 1.68. The summed E-state index contributed by atoms with van der Waals surface area (Å²) in [6, 6.07) is 2.31. The van der Waals surface area contributed by atoms with Gasteiger partial charge in [0.15, 0.2) is 17.5 Å². The van der Waals surface area contributed by atoms with Crippen LogP contribution in [0, 0.1) is 17.5 Å². The fourth-order valence-corrected chi connectivity index (χ4v) is 1.81. The van der Waals surface area contributed by atoms with Crippen LogP contribution in [0.5, 0.6) is 0 Å². The first-order valence-electron chi connectivity index (χ1n) is 4.16. The van der Waals surface area contributed by atoms with Crippen molar-refractivity contribution in [2.24, 2.45) is 0 Å². The van der Waals surface area contributed by atoms with Gasteiger partial charge in [-0.1, -0.05) is 0 Å². The predicted molar refractivity (Wildman–Crippen MR) is 51.1 cm³/mol. The van der Waals surface area contributed by atoms with Crippen molar-refractivity contribution < 1.29 is 13.2 Å². The highest BCUT2D eigenvalue weighted by molar-refractivity contribution is 8.00. The molecule has 1 N–H and O–H groups in total. The summed E-state index contributed by atoms with van der Waals surface area (Å²) in [7, 11) is 0. The lowest BCUT2D eigenvalue weighted by Gasteiger charge is -2.27. The summed E-state index contributed by atoms with van der Waals surface area (Å²) in [5, 5.41) is 2.81. The molecule has 1 aromatic carbocycles. The Bertz CT molecular complexity index is 352. The number of nitrogens with one attached hydrogen (secondary N) is 1. The van der Waals surface area contributed by atoms with Crippen LogP contribution in [0.15, 0.2) is 12.1 Å². The first-order valence-corrected chi connectivity index (χ1v) is 5.31. The molecule has 0 atom stereocenters. The number of halogens is 3. The van der Waals surface area contributed by atoms with Crippen LogP contribution in [0.25, 0.3) is 0 Å². The SMILES string of the molecule is Fc1ccc(NC2CSC2)c(F)c1F. The summed E-state index contributed by atoms with van der Waals surface area (Å²) < 4.78 is 38.4. The average Bonchev–Trinajstić information content (AvgIpc) is 2.10. The summed E-state index contributed by atoms with van der Waals surface area (Å²) in [4.78, 5) is 0. The van der Waals surface area contributed by atoms with E-state index in [0.717, 1.165) is 17.6 Å². The summed E-state index contributed by atoms with van der Waals surface area (Å²) in [6.07, 6.45) is 0. The largest absolute Gasteiger partial charge is 0.378 e. The minimum absolute atomic E-state index is 0.0363. The molecule has 0 saturated carbocycles. The number of benzene rings is 1. The van der Waals surface area contributed by atoms with Crippen molar-refractivity contribution in [3.05, 3.63) is 29.6 Å². The van der Waals surface area contributed by atoms with Crippen molar-refractivity contribution >= 4 is 17.4 Å². The maximum absolute atomic E-state index is 13.1. The Balaban J connectivity index is 2.20. The molecule has 0 bridgehead atoms. The van der Waals surface area contributed by atoms with E-state index in [1.165, 1.54) is 6.07 Å². The highest BCUT2D eigenvalue weighted by atomic mass is 32.2. The first kappa shape index (κ1) is 9.71. The van der Waals surface area contributed by atoms with Gasteiger partial charge < -0.3 is 5.32 Å². The molecule has 14 heavy (non-hydrogen) atoms. The first-order chi connectivity index (χ1) is 6.68. The van der Waals surface area contributed by atoms with Gasteiger partial charge >= 0.3 is 0 Å². The van der Waals surface area contributed by atoms with Gasteiger partial charge in [0, 0.05) is 17.5 Å². The molecule has 0 unspecified atom stereocenters. The van der Waals surface area contributed by atoms with E-state index >= 15 is 0 Å². The van der Waals surface area contributed by atoms with Crippen LogP contribution in [0.2, 0.25) is 0 Å². The fourth-order valence-electron chi connectivity index (χ4n) is 1.18. The Hall–Kier alpha value is -0.840. The van der Waals surface area contributed by atoms with Crippen molar-refractivity contribution in [1.82, 2.24) is 0 Å². The zero-order valence-electron chi connectivity index (χ0n) is 7.19. The van der Waals surface area contributed by atoms with E-state index in [-0.39, 0.29) is 11.7 Å². The maximum Gasteiger partial charge on any atom is 0.196 e. The lowest BCUT2D eigenvalue weighted by Crippen LogP contribution is -2.33. The van der Waals surface area contributed by atoms with Crippen molar-refractivity contribution in [2.45, 2.75) is 6.04 Å². The number of hydrogen-bond acceptors (Lipinski definition) is 2. The van der Waals surface area contributed by atoms with Crippen LogP contribution in [-0.2, 0) is 0 Å². The Kier molecular flexibility index (Phi) is 2.58. The number of anilines is 1. The fraction of sp³-hybridized carbons (Fsp3) is 0.333. The zero-order chi connectivity index (χ0) is 10.1. The molecule has 1 aliphatic rings. The zero-order valence-corrected chi connectivity index (χ0v) is 8.00. The Morgan fingerprint density at radius 1 is 1.14 bits per heavy atom. The van der Waals surface area contributed by atoms with Crippen molar-refractivity contribution in [2.75, 3.05) is 16.8 Å². The van der Waals surface area contributed by atoms with Crippen LogP contribution in [0.3, 0.4) is 0 Å². The molecule has 1 fully saturated rings. The number of rotatable bonds is 2. The minimum atomic E-state index is -1.41. The molecule has 1 heterocycles. The van der Waals surface area contributed by atoms with Crippen molar-refractivity contribution in [3.63, 3.8) is 0 Å². The van der Waals surface area contributed by atoms with Gasteiger partial charge in [-0.3, -0.25) is 0 Å². The molecule has 2 rings (SSSR count). The van der Waals surface area contributed by atoms with Crippen LogP contribution >= 0.6 is 11.8 Å². The average molecular weight is 219 g/mol. The third-order valence-electron chi connectivity index (χ3n) is 2.03. The molecule has 1 saturated heterocycles. The Morgan fingerprint density at radius 3 is 2.43 bits per heavy atom. The summed E-state index contributed by atoms with van der Waals surface area (Å²) in [5.74, 6) is -1.96. The Morgan fingerprint density at radius 2 is 1.86 bits per heavy atom. The quantitative estimate of drug-likeness (QED) is 0.767. The molecule has 0 radical (unpaired) electrons. The minimum Gasteiger partial charge on any atom is -0.378 e. The summed E-state index contributed by atoms with van der Waals surface area (Å²) >= 11 is 1.72. The van der Waals surface area contributed by atoms with Gasteiger partial charge in [0.2, 0.25) is 0 Å². The molecule has 1 nitrogen and oxygen atoms in total. The van der Waals surface area contributed by atoms with Gasteiger partial charge in [-0.25, -0.2) is 13.2 Å². The number of hydrogen-bond donors (Lipinski definition) is 1. The van der Waals surface area contributed by atoms with E-state index in [0.29, 0.717) is 0 Å². The third-order valence-corrected chi connectivity index (χ3v) is 3.31. The van der Waals surface area contributed by atoms with Gasteiger partial charge in [-0.05, 0) is 12.1 Å². The second-order valence-corrected chi connectivity index (χ2v) is 4.18. The van der Waals surface area contributed by atoms with E-state index in [1.54, 1.807) is 11.8 Å². The van der Waals surface area contributed by atoms with Gasteiger partial charge in [0.25, 0.3) is 0 Å².